The van der Waals surface area contributed by atoms with E-state index in [1.807, 2.05) is 12.1 Å². The molecule has 1 aromatic carbocycles. The Kier molecular flexibility index (Phi) is 3.83. The molecule has 0 bridgehead atoms. The molecule has 4 heteroatoms. The highest BCUT2D eigenvalue weighted by molar-refractivity contribution is 9.10. The molecule has 0 fully saturated rings. The number of aromatic nitrogens is 1. The van der Waals surface area contributed by atoms with Crippen LogP contribution in [-0.2, 0) is 6.42 Å². The summed E-state index contributed by atoms with van der Waals surface area (Å²) in [7, 11) is 0. The van der Waals surface area contributed by atoms with Crippen molar-refractivity contribution in [3.63, 3.8) is 0 Å². The van der Waals surface area contributed by atoms with Crippen molar-refractivity contribution in [2.45, 2.75) is 6.42 Å². The average Bonchev–Trinajstić information content (AvgIpc) is 2.67. The molecule has 0 amide bonds. The van der Waals surface area contributed by atoms with Crippen LogP contribution in [0.4, 0.5) is 0 Å². The highest BCUT2D eigenvalue weighted by Gasteiger charge is 2.04. The third-order valence-electron chi connectivity index (χ3n) is 1.99. The molecule has 0 saturated heterocycles. The van der Waals surface area contributed by atoms with E-state index in [1.54, 1.807) is 11.3 Å². The summed E-state index contributed by atoms with van der Waals surface area (Å²) in [6.45, 7) is 0. The first-order valence-electron chi connectivity index (χ1n) is 4.61. The fourth-order valence-electron chi connectivity index (χ4n) is 1.29. The van der Waals surface area contributed by atoms with Gasteiger partial charge in [0.1, 0.15) is 5.01 Å². The molecule has 1 heterocycles. The van der Waals surface area contributed by atoms with E-state index < -0.39 is 0 Å². The van der Waals surface area contributed by atoms with E-state index in [0.29, 0.717) is 0 Å². The second kappa shape index (κ2) is 5.14. The van der Waals surface area contributed by atoms with E-state index in [0.717, 1.165) is 27.3 Å². The number of thiol groups is 1. The maximum absolute atomic E-state index is 4.56. The molecule has 0 aliphatic rings. The third-order valence-corrected chi connectivity index (χ3v) is 3.65. The van der Waals surface area contributed by atoms with Crippen molar-refractivity contribution in [2.75, 3.05) is 5.75 Å². The molecule has 0 aliphatic heterocycles. The van der Waals surface area contributed by atoms with Crippen LogP contribution in [0.25, 0.3) is 10.6 Å². The van der Waals surface area contributed by atoms with Crippen molar-refractivity contribution in [2.24, 2.45) is 0 Å². The summed E-state index contributed by atoms with van der Waals surface area (Å²) in [6, 6.07) is 8.21. The summed E-state index contributed by atoms with van der Waals surface area (Å²) in [5.74, 6) is 0.849. The lowest BCUT2D eigenvalue weighted by Crippen LogP contribution is -1.85. The van der Waals surface area contributed by atoms with E-state index in [9.17, 15) is 0 Å². The largest absolute Gasteiger partial charge is 0.241 e. The molecule has 0 radical (unpaired) electrons. The average molecular weight is 300 g/mol. The molecular weight excluding hydrogens is 290 g/mol. The van der Waals surface area contributed by atoms with Crippen LogP contribution in [0.1, 0.15) is 5.69 Å². The van der Waals surface area contributed by atoms with Crippen LogP contribution in [0.2, 0.25) is 0 Å². The highest BCUT2D eigenvalue weighted by atomic mass is 79.9. The zero-order chi connectivity index (χ0) is 10.7. The highest BCUT2D eigenvalue weighted by Crippen LogP contribution is 2.26. The smallest absolute Gasteiger partial charge is 0.123 e. The van der Waals surface area contributed by atoms with Crippen molar-refractivity contribution in [3.8, 4) is 10.6 Å². The second-order valence-electron chi connectivity index (χ2n) is 3.13. The molecule has 0 spiro atoms. The molecule has 2 rings (SSSR count). The number of hydrogen-bond acceptors (Lipinski definition) is 3. The number of benzene rings is 1. The maximum Gasteiger partial charge on any atom is 0.123 e. The summed E-state index contributed by atoms with van der Waals surface area (Å²) in [5.41, 5.74) is 2.30. The van der Waals surface area contributed by atoms with Crippen LogP contribution in [0.15, 0.2) is 34.1 Å². The van der Waals surface area contributed by atoms with Gasteiger partial charge in [-0.3, -0.25) is 0 Å². The molecule has 15 heavy (non-hydrogen) atoms. The Balaban J connectivity index is 2.29. The van der Waals surface area contributed by atoms with Crippen molar-refractivity contribution < 1.29 is 0 Å². The molecule has 78 valence electrons. The number of hydrogen-bond donors (Lipinski definition) is 1. The van der Waals surface area contributed by atoms with E-state index >= 15 is 0 Å². The van der Waals surface area contributed by atoms with Gasteiger partial charge in [-0.1, -0.05) is 28.1 Å². The van der Waals surface area contributed by atoms with Gasteiger partial charge < -0.3 is 0 Å². The van der Waals surface area contributed by atoms with Gasteiger partial charge in [-0.2, -0.15) is 12.6 Å². The van der Waals surface area contributed by atoms with E-state index in [4.69, 9.17) is 0 Å². The lowest BCUT2D eigenvalue weighted by molar-refractivity contribution is 1.08. The number of aryl methyl sites for hydroxylation is 1. The summed E-state index contributed by atoms with van der Waals surface area (Å²) in [6.07, 6.45) is 0.938. The summed E-state index contributed by atoms with van der Waals surface area (Å²) in [4.78, 5) is 4.56. The van der Waals surface area contributed by atoms with E-state index in [-0.39, 0.29) is 0 Å². The minimum atomic E-state index is 0.849. The monoisotopic (exact) mass is 299 g/mol. The van der Waals surface area contributed by atoms with Crippen molar-refractivity contribution in [1.82, 2.24) is 4.98 Å². The normalized spacial score (nSPS) is 10.5. The zero-order valence-corrected chi connectivity index (χ0v) is 11.3. The van der Waals surface area contributed by atoms with Crippen LogP contribution < -0.4 is 0 Å². The van der Waals surface area contributed by atoms with E-state index in [1.165, 1.54) is 5.56 Å². The molecular formula is C11H10BrNS2. The molecule has 2 aromatic rings. The van der Waals surface area contributed by atoms with Crippen molar-refractivity contribution in [1.29, 1.82) is 0 Å². The lowest BCUT2D eigenvalue weighted by atomic mass is 10.2. The zero-order valence-electron chi connectivity index (χ0n) is 7.98. The number of rotatable bonds is 3. The fourth-order valence-corrected chi connectivity index (χ4v) is 2.77. The third kappa shape index (κ3) is 2.83. The van der Waals surface area contributed by atoms with Gasteiger partial charge in [0, 0.05) is 15.4 Å². The Labute approximate surface area is 107 Å². The maximum atomic E-state index is 4.56. The van der Waals surface area contributed by atoms with Gasteiger partial charge in [-0.25, -0.2) is 4.98 Å². The van der Waals surface area contributed by atoms with E-state index in [2.05, 4.69) is 51.1 Å². The summed E-state index contributed by atoms with van der Waals surface area (Å²) in [5, 5.41) is 3.18. The number of nitrogens with zero attached hydrogens (tertiary/aromatic N) is 1. The molecule has 1 nitrogen and oxygen atoms in total. The van der Waals surface area contributed by atoms with Gasteiger partial charge in [-0.05, 0) is 24.3 Å². The minimum Gasteiger partial charge on any atom is -0.241 e. The van der Waals surface area contributed by atoms with Crippen LogP contribution in [0, 0.1) is 0 Å². The predicted octanol–water partition coefficient (Wildman–Crippen LogP) is 4.04. The molecule has 0 N–H and O–H groups in total. The first kappa shape index (κ1) is 11.2. The van der Waals surface area contributed by atoms with Gasteiger partial charge >= 0.3 is 0 Å². The van der Waals surface area contributed by atoms with Gasteiger partial charge in [-0.15, -0.1) is 11.3 Å². The van der Waals surface area contributed by atoms with Crippen LogP contribution in [0.5, 0.6) is 0 Å². The van der Waals surface area contributed by atoms with Crippen LogP contribution in [0.3, 0.4) is 0 Å². The van der Waals surface area contributed by atoms with Gasteiger partial charge in [0.2, 0.25) is 0 Å². The fraction of sp³-hybridized carbons (Fsp3) is 0.182. The topological polar surface area (TPSA) is 12.9 Å². The summed E-state index contributed by atoms with van der Waals surface area (Å²) >= 11 is 9.35. The molecule has 1 aromatic heterocycles. The van der Waals surface area contributed by atoms with Gasteiger partial charge in [0.15, 0.2) is 0 Å². The SMILES string of the molecule is SCCc1csc(-c2cccc(Br)c2)n1. The quantitative estimate of drug-likeness (QED) is 0.844. The lowest BCUT2D eigenvalue weighted by Gasteiger charge is -1.96. The Bertz CT molecular complexity index is 453. The molecule has 0 atom stereocenters. The standard InChI is InChI=1S/C11H10BrNS2/c12-9-3-1-2-8(6-9)11-13-10(4-5-14)7-15-11/h1-3,6-7,14H,4-5H2. The van der Waals surface area contributed by atoms with Gasteiger partial charge in [0.25, 0.3) is 0 Å². The Morgan fingerprint density at radius 1 is 1.40 bits per heavy atom. The van der Waals surface area contributed by atoms with Gasteiger partial charge in [0.05, 0.1) is 5.69 Å². The Hall–Kier alpha value is -0.320. The first-order chi connectivity index (χ1) is 7.29. The Morgan fingerprint density at radius 3 is 3.00 bits per heavy atom. The Morgan fingerprint density at radius 2 is 2.27 bits per heavy atom. The number of halogens is 1. The van der Waals surface area contributed by atoms with Crippen molar-refractivity contribution in [3.05, 3.63) is 39.8 Å². The minimum absolute atomic E-state index is 0.849. The molecule has 0 saturated carbocycles. The summed E-state index contributed by atoms with van der Waals surface area (Å²) < 4.78 is 1.09. The molecule has 0 unspecified atom stereocenters. The van der Waals surface area contributed by atoms with Crippen LogP contribution >= 0.6 is 39.9 Å². The van der Waals surface area contributed by atoms with Crippen molar-refractivity contribution >= 4 is 39.9 Å². The first-order valence-corrected chi connectivity index (χ1v) is 6.91. The molecule has 0 aliphatic carbocycles. The second-order valence-corrected chi connectivity index (χ2v) is 5.35. The number of thiazole rings is 1. The van der Waals surface area contributed by atoms with Crippen LogP contribution in [-0.4, -0.2) is 10.7 Å². The predicted molar refractivity (Wildman–Crippen MR) is 72.8 cm³/mol.